The highest BCUT2D eigenvalue weighted by atomic mass is 32.1. The van der Waals surface area contributed by atoms with Gasteiger partial charge in [-0.05, 0) is 19.1 Å². The van der Waals surface area contributed by atoms with Gasteiger partial charge in [0.05, 0.1) is 23.0 Å². The molecule has 3 nitrogen and oxygen atoms in total. The van der Waals surface area contributed by atoms with E-state index in [0.29, 0.717) is 0 Å². The first-order valence-corrected chi connectivity index (χ1v) is 7.06. The molecule has 1 unspecified atom stereocenters. The van der Waals surface area contributed by atoms with Gasteiger partial charge in [0.15, 0.2) is 0 Å². The smallest absolute Gasteiger partial charge is 0.120 e. The molecule has 2 heterocycles. The molecule has 0 radical (unpaired) electrons. The topological polar surface area (TPSA) is 38.1 Å². The Bertz CT molecular complexity index is 482. The van der Waals surface area contributed by atoms with E-state index in [-0.39, 0.29) is 11.5 Å². The van der Waals surface area contributed by atoms with Crippen LogP contribution in [0.2, 0.25) is 0 Å². The van der Waals surface area contributed by atoms with E-state index in [4.69, 9.17) is 4.42 Å². The second kappa shape index (κ2) is 5.24. The Morgan fingerprint density at radius 1 is 1.44 bits per heavy atom. The number of hydrogen-bond acceptors (Lipinski definition) is 4. The minimum Gasteiger partial charge on any atom is -0.468 e. The van der Waals surface area contributed by atoms with Crippen LogP contribution in [0.3, 0.4) is 0 Å². The van der Waals surface area contributed by atoms with E-state index in [9.17, 15) is 0 Å². The minimum atomic E-state index is 0.134. The average Bonchev–Trinajstić information content (AvgIpc) is 2.96. The van der Waals surface area contributed by atoms with Crippen molar-refractivity contribution in [2.75, 3.05) is 0 Å². The molecule has 4 heteroatoms. The third kappa shape index (κ3) is 3.21. The van der Waals surface area contributed by atoms with E-state index in [0.717, 1.165) is 18.0 Å². The maximum Gasteiger partial charge on any atom is 0.120 e. The largest absolute Gasteiger partial charge is 0.468 e. The van der Waals surface area contributed by atoms with Gasteiger partial charge in [0, 0.05) is 17.3 Å². The molecule has 0 aliphatic rings. The van der Waals surface area contributed by atoms with Crippen molar-refractivity contribution in [1.29, 1.82) is 0 Å². The first-order chi connectivity index (χ1) is 8.47. The van der Waals surface area contributed by atoms with Gasteiger partial charge in [-0.25, -0.2) is 4.98 Å². The zero-order valence-electron chi connectivity index (χ0n) is 11.4. The van der Waals surface area contributed by atoms with Crippen LogP contribution in [0, 0.1) is 0 Å². The standard InChI is InChI=1S/C14H20N2OS/c1-10(12-6-5-7-17-12)15-8-11-9-18-13(16-11)14(2,3)4/h5-7,9-10,15H,8H2,1-4H3. The quantitative estimate of drug-likeness (QED) is 0.910. The first-order valence-electron chi connectivity index (χ1n) is 6.18. The van der Waals surface area contributed by atoms with E-state index < -0.39 is 0 Å². The van der Waals surface area contributed by atoms with Crippen LogP contribution < -0.4 is 5.32 Å². The first kappa shape index (κ1) is 13.3. The molecule has 2 aromatic heterocycles. The number of hydrogen-bond donors (Lipinski definition) is 1. The second-order valence-electron chi connectivity index (χ2n) is 5.51. The molecular weight excluding hydrogens is 244 g/mol. The molecule has 1 atom stereocenters. The van der Waals surface area contributed by atoms with E-state index in [1.165, 1.54) is 5.01 Å². The lowest BCUT2D eigenvalue weighted by molar-refractivity contribution is 0.428. The highest BCUT2D eigenvalue weighted by molar-refractivity contribution is 7.09. The molecule has 0 saturated carbocycles. The van der Waals surface area contributed by atoms with Crippen molar-refractivity contribution in [3.8, 4) is 0 Å². The lowest BCUT2D eigenvalue weighted by Crippen LogP contribution is -2.18. The SMILES string of the molecule is CC(NCc1csc(C(C)(C)C)n1)c1ccco1. The van der Waals surface area contributed by atoms with Crippen molar-refractivity contribution in [2.24, 2.45) is 0 Å². The van der Waals surface area contributed by atoms with E-state index >= 15 is 0 Å². The predicted octanol–water partition coefficient (Wildman–Crippen LogP) is 3.88. The maximum absolute atomic E-state index is 5.36. The molecule has 2 aromatic rings. The molecule has 0 fully saturated rings. The van der Waals surface area contributed by atoms with Gasteiger partial charge in [0.2, 0.25) is 0 Å². The van der Waals surface area contributed by atoms with Gasteiger partial charge >= 0.3 is 0 Å². The van der Waals surface area contributed by atoms with Gasteiger partial charge in [-0.15, -0.1) is 11.3 Å². The van der Waals surface area contributed by atoms with Crippen molar-refractivity contribution in [3.63, 3.8) is 0 Å². The normalized spacial score (nSPS) is 13.8. The van der Waals surface area contributed by atoms with E-state index in [1.54, 1.807) is 17.6 Å². The molecule has 0 aliphatic heterocycles. The number of furan rings is 1. The molecule has 0 spiro atoms. The average molecular weight is 264 g/mol. The van der Waals surface area contributed by atoms with Crippen LogP contribution in [0.4, 0.5) is 0 Å². The third-order valence-electron chi connectivity index (χ3n) is 2.75. The summed E-state index contributed by atoms with van der Waals surface area (Å²) in [6.07, 6.45) is 1.70. The molecule has 0 aromatic carbocycles. The zero-order chi connectivity index (χ0) is 13.2. The number of nitrogens with zero attached hydrogens (tertiary/aromatic N) is 1. The Morgan fingerprint density at radius 2 is 2.22 bits per heavy atom. The number of rotatable bonds is 4. The van der Waals surface area contributed by atoms with E-state index in [2.05, 4.69) is 43.4 Å². The summed E-state index contributed by atoms with van der Waals surface area (Å²) in [4.78, 5) is 4.66. The van der Waals surface area contributed by atoms with E-state index in [1.807, 2.05) is 12.1 Å². The molecule has 0 bridgehead atoms. The summed E-state index contributed by atoms with van der Waals surface area (Å²) in [7, 11) is 0. The lowest BCUT2D eigenvalue weighted by atomic mass is 9.98. The summed E-state index contributed by atoms with van der Waals surface area (Å²) in [6.45, 7) is 9.43. The number of aromatic nitrogens is 1. The Morgan fingerprint density at radius 3 is 2.78 bits per heavy atom. The van der Waals surface area contributed by atoms with Crippen LogP contribution in [0.1, 0.15) is 50.2 Å². The van der Waals surface area contributed by atoms with Crippen molar-refractivity contribution < 1.29 is 4.42 Å². The summed E-state index contributed by atoms with van der Waals surface area (Å²) in [5.74, 6) is 0.960. The van der Waals surface area contributed by atoms with Crippen LogP contribution in [0.25, 0.3) is 0 Å². The van der Waals surface area contributed by atoms with Gasteiger partial charge in [-0.1, -0.05) is 20.8 Å². The molecule has 0 saturated heterocycles. The summed E-state index contributed by atoms with van der Waals surface area (Å²) < 4.78 is 5.36. The number of nitrogens with one attached hydrogen (secondary N) is 1. The van der Waals surface area contributed by atoms with Gasteiger partial charge in [-0.3, -0.25) is 0 Å². The number of thiazole rings is 1. The van der Waals surface area contributed by atoms with Crippen molar-refractivity contribution in [2.45, 2.75) is 45.7 Å². The molecule has 98 valence electrons. The fraction of sp³-hybridized carbons (Fsp3) is 0.500. The Hall–Kier alpha value is -1.13. The summed E-state index contributed by atoms with van der Waals surface area (Å²) in [5.41, 5.74) is 1.23. The fourth-order valence-corrected chi connectivity index (χ4v) is 2.54. The fourth-order valence-electron chi connectivity index (χ4n) is 1.63. The van der Waals surface area contributed by atoms with Gasteiger partial charge in [0.25, 0.3) is 0 Å². The summed E-state index contributed by atoms with van der Waals surface area (Å²) >= 11 is 1.73. The zero-order valence-corrected chi connectivity index (χ0v) is 12.2. The summed E-state index contributed by atoms with van der Waals surface area (Å²) in [5, 5.41) is 6.73. The highest BCUT2D eigenvalue weighted by Crippen LogP contribution is 2.25. The Kier molecular flexibility index (Phi) is 3.88. The van der Waals surface area contributed by atoms with Gasteiger partial charge in [-0.2, -0.15) is 0 Å². The maximum atomic E-state index is 5.36. The monoisotopic (exact) mass is 264 g/mol. The molecule has 2 rings (SSSR count). The minimum absolute atomic E-state index is 0.134. The van der Waals surface area contributed by atoms with Crippen molar-refractivity contribution >= 4 is 11.3 Å². The van der Waals surface area contributed by atoms with Gasteiger partial charge < -0.3 is 9.73 Å². The molecule has 0 aliphatic carbocycles. The second-order valence-corrected chi connectivity index (χ2v) is 6.37. The lowest BCUT2D eigenvalue weighted by Gasteiger charge is -2.14. The van der Waals surface area contributed by atoms with Crippen LogP contribution in [-0.2, 0) is 12.0 Å². The summed E-state index contributed by atoms with van der Waals surface area (Å²) in [6, 6.07) is 4.10. The molecular formula is C14H20N2OS. The molecule has 1 N–H and O–H groups in total. The third-order valence-corrected chi connectivity index (χ3v) is 4.07. The highest BCUT2D eigenvalue weighted by Gasteiger charge is 2.18. The Labute approximate surface area is 112 Å². The van der Waals surface area contributed by atoms with Crippen molar-refractivity contribution in [1.82, 2.24) is 10.3 Å². The Balaban J connectivity index is 1.93. The van der Waals surface area contributed by atoms with Crippen LogP contribution in [-0.4, -0.2) is 4.98 Å². The van der Waals surface area contributed by atoms with Crippen molar-refractivity contribution in [3.05, 3.63) is 40.2 Å². The molecule has 0 amide bonds. The molecule has 18 heavy (non-hydrogen) atoms. The van der Waals surface area contributed by atoms with Gasteiger partial charge in [0.1, 0.15) is 5.76 Å². The predicted molar refractivity (Wildman–Crippen MR) is 74.8 cm³/mol. The van der Waals surface area contributed by atoms with Crippen LogP contribution >= 0.6 is 11.3 Å². The van der Waals surface area contributed by atoms with Crippen LogP contribution in [0.15, 0.2) is 28.2 Å². The van der Waals surface area contributed by atoms with Crippen LogP contribution in [0.5, 0.6) is 0 Å².